The highest BCUT2D eigenvalue weighted by molar-refractivity contribution is 5.81. The molecule has 5 nitrogen and oxygen atoms in total. The molecule has 0 aliphatic heterocycles. The zero-order valence-corrected chi connectivity index (χ0v) is 15.8. The van der Waals surface area contributed by atoms with Gasteiger partial charge in [-0.2, -0.15) is 5.26 Å². The maximum absolute atomic E-state index is 12.9. The van der Waals surface area contributed by atoms with Crippen molar-refractivity contribution in [1.29, 1.82) is 5.26 Å². The van der Waals surface area contributed by atoms with E-state index in [2.05, 4.69) is 16.7 Å². The van der Waals surface area contributed by atoms with Crippen LogP contribution in [0.3, 0.4) is 0 Å². The maximum atomic E-state index is 12.9. The van der Waals surface area contributed by atoms with Crippen molar-refractivity contribution in [3.8, 4) is 11.8 Å². The number of carbonyl (C=O) groups excluding carboxylic acids is 1. The number of ether oxygens (including phenoxy) is 1. The number of nitrogens with one attached hydrogen (secondary N) is 2. The highest BCUT2D eigenvalue weighted by Crippen LogP contribution is 2.19. The Hall–Kier alpha value is -3.07. The van der Waals surface area contributed by atoms with E-state index < -0.39 is 5.54 Å². The lowest BCUT2D eigenvalue weighted by atomic mass is 9.90. The summed E-state index contributed by atoms with van der Waals surface area (Å²) in [4.78, 5) is 12.1. The second-order valence-electron chi connectivity index (χ2n) is 6.81. The number of nitriles is 1. The van der Waals surface area contributed by atoms with E-state index in [1.54, 1.807) is 31.2 Å². The van der Waals surface area contributed by atoms with E-state index in [1.807, 2.05) is 26.0 Å². The van der Waals surface area contributed by atoms with Gasteiger partial charge in [-0.3, -0.25) is 4.79 Å². The number of nitrogens with zero attached hydrogens (tertiary/aromatic N) is 1. The van der Waals surface area contributed by atoms with Gasteiger partial charge in [-0.15, -0.1) is 0 Å². The SMILES string of the molecule is CC(C)C(C)(C#N)NC(=O)CNc1cccc(OCc2ccc(F)cc2)c1. The summed E-state index contributed by atoms with van der Waals surface area (Å²) < 4.78 is 18.6. The molecule has 0 radical (unpaired) electrons. The van der Waals surface area contributed by atoms with Crippen molar-refractivity contribution in [2.24, 2.45) is 5.92 Å². The quantitative estimate of drug-likeness (QED) is 0.741. The van der Waals surface area contributed by atoms with Crippen molar-refractivity contribution in [2.75, 3.05) is 11.9 Å². The summed E-state index contributed by atoms with van der Waals surface area (Å²) in [6, 6.07) is 15.5. The van der Waals surface area contributed by atoms with Crippen LogP contribution in [0.5, 0.6) is 5.75 Å². The third kappa shape index (κ3) is 6.00. The van der Waals surface area contributed by atoms with Gasteiger partial charge in [0, 0.05) is 11.8 Å². The Balaban J connectivity index is 1.89. The van der Waals surface area contributed by atoms with Crippen LogP contribution in [0.1, 0.15) is 26.3 Å². The Labute approximate surface area is 159 Å². The molecule has 1 unspecified atom stereocenters. The first-order chi connectivity index (χ1) is 12.8. The molecule has 0 heterocycles. The van der Waals surface area contributed by atoms with Gasteiger partial charge in [0.25, 0.3) is 0 Å². The highest BCUT2D eigenvalue weighted by Gasteiger charge is 2.29. The van der Waals surface area contributed by atoms with Crippen molar-refractivity contribution in [2.45, 2.75) is 32.9 Å². The minimum absolute atomic E-state index is 0.00496. The Morgan fingerprint density at radius 1 is 1.26 bits per heavy atom. The summed E-state index contributed by atoms with van der Waals surface area (Å²) in [5.74, 6) is 0.0852. The van der Waals surface area contributed by atoms with Crippen LogP contribution < -0.4 is 15.4 Å². The average Bonchev–Trinajstić information content (AvgIpc) is 2.66. The molecule has 2 N–H and O–H groups in total. The van der Waals surface area contributed by atoms with Gasteiger partial charge in [-0.25, -0.2) is 4.39 Å². The van der Waals surface area contributed by atoms with Crippen molar-refractivity contribution in [3.05, 3.63) is 59.9 Å². The van der Waals surface area contributed by atoms with Crippen molar-refractivity contribution in [3.63, 3.8) is 0 Å². The summed E-state index contributed by atoms with van der Waals surface area (Å²) in [7, 11) is 0. The van der Waals surface area contributed by atoms with Crippen molar-refractivity contribution in [1.82, 2.24) is 5.32 Å². The Morgan fingerprint density at radius 3 is 2.59 bits per heavy atom. The predicted octanol–water partition coefficient (Wildman–Crippen LogP) is 3.87. The van der Waals surface area contributed by atoms with Gasteiger partial charge in [-0.1, -0.05) is 32.0 Å². The van der Waals surface area contributed by atoms with Crippen LogP contribution in [-0.4, -0.2) is 18.0 Å². The molecule has 0 fully saturated rings. The molecule has 1 atom stereocenters. The van der Waals surface area contributed by atoms with Gasteiger partial charge in [0.1, 0.15) is 23.7 Å². The van der Waals surface area contributed by atoms with Crippen molar-refractivity contribution < 1.29 is 13.9 Å². The molecule has 0 saturated heterocycles. The molecule has 2 aromatic rings. The molecule has 1 amide bonds. The molecule has 0 bridgehead atoms. The molecule has 2 aromatic carbocycles. The Morgan fingerprint density at radius 2 is 1.96 bits per heavy atom. The van der Waals surface area contributed by atoms with Crippen LogP contribution in [0.4, 0.5) is 10.1 Å². The molecule has 142 valence electrons. The lowest BCUT2D eigenvalue weighted by molar-refractivity contribution is -0.121. The highest BCUT2D eigenvalue weighted by atomic mass is 19.1. The number of hydrogen-bond donors (Lipinski definition) is 2. The Bertz CT molecular complexity index is 815. The standard InChI is InChI=1S/C21H24FN3O2/c1-15(2)21(3,14-23)25-20(26)12-24-18-5-4-6-19(11-18)27-13-16-7-9-17(22)10-8-16/h4-11,15,24H,12-13H2,1-3H3,(H,25,26). The van der Waals surface area contributed by atoms with Gasteiger partial charge >= 0.3 is 0 Å². The number of rotatable bonds is 8. The van der Waals surface area contributed by atoms with Crippen LogP contribution in [-0.2, 0) is 11.4 Å². The summed E-state index contributed by atoms with van der Waals surface area (Å²) >= 11 is 0. The fraction of sp³-hybridized carbons (Fsp3) is 0.333. The summed E-state index contributed by atoms with van der Waals surface area (Å²) in [5.41, 5.74) is 0.683. The number of halogens is 1. The molecule has 2 rings (SSSR count). The normalized spacial score (nSPS) is 12.7. The number of anilines is 1. The first-order valence-electron chi connectivity index (χ1n) is 8.76. The second kappa shape index (κ2) is 9.04. The van der Waals surface area contributed by atoms with Gasteiger partial charge < -0.3 is 15.4 Å². The van der Waals surface area contributed by atoms with E-state index >= 15 is 0 Å². The zero-order chi connectivity index (χ0) is 19.9. The lowest BCUT2D eigenvalue weighted by Crippen LogP contribution is -2.50. The summed E-state index contributed by atoms with van der Waals surface area (Å²) in [6.45, 7) is 5.85. The van der Waals surface area contributed by atoms with E-state index in [0.29, 0.717) is 12.4 Å². The lowest BCUT2D eigenvalue weighted by Gasteiger charge is -2.27. The predicted molar refractivity (Wildman–Crippen MR) is 103 cm³/mol. The third-order valence-electron chi connectivity index (χ3n) is 4.39. The first kappa shape index (κ1) is 20.2. The van der Waals surface area contributed by atoms with Crippen LogP contribution in [0.2, 0.25) is 0 Å². The third-order valence-corrected chi connectivity index (χ3v) is 4.39. The molecule has 0 spiro atoms. The average molecular weight is 369 g/mol. The molecule has 27 heavy (non-hydrogen) atoms. The van der Waals surface area contributed by atoms with E-state index in [0.717, 1.165) is 11.3 Å². The molecule has 0 aromatic heterocycles. The minimum atomic E-state index is -0.904. The van der Waals surface area contributed by atoms with E-state index in [1.165, 1.54) is 12.1 Å². The molecule has 6 heteroatoms. The van der Waals surface area contributed by atoms with Gasteiger partial charge in [0.15, 0.2) is 0 Å². The summed E-state index contributed by atoms with van der Waals surface area (Å²) in [5, 5.41) is 15.1. The van der Waals surface area contributed by atoms with Crippen LogP contribution in [0.25, 0.3) is 0 Å². The van der Waals surface area contributed by atoms with Crippen LogP contribution in [0, 0.1) is 23.1 Å². The van der Waals surface area contributed by atoms with E-state index in [4.69, 9.17) is 4.74 Å². The number of hydrogen-bond acceptors (Lipinski definition) is 4. The summed E-state index contributed by atoms with van der Waals surface area (Å²) in [6.07, 6.45) is 0. The minimum Gasteiger partial charge on any atom is -0.489 e. The largest absolute Gasteiger partial charge is 0.489 e. The maximum Gasteiger partial charge on any atom is 0.240 e. The van der Waals surface area contributed by atoms with Crippen LogP contribution in [0.15, 0.2) is 48.5 Å². The second-order valence-corrected chi connectivity index (χ2v) is 6.81. The van der Waals surface area contributed by atoms with E-state index in [-0.39, 0.29) is 24.2 Å². The molecular weight excluding hydrogens is 345 g/mol. The number of carbonyl (C=O) groups is 1. The van der Waals surface area contributed by atoms with E-state index in [9.17, 15) is 14.4 Å². The van der Waals surface area contributed by atoms with Gasteiger partial charge in [-0.05, 0) is 42.7 Å². The molecule has 0 aliphatic rings. The van der Waals surface area contributed by atoms with Gasteiger partial charge in [0.2, 0.25) is 5.91 Å². The molecular formula is C21H24FN3O2. The van der Waals surface area contributed by atoms with Crippen molar-refractivity contribution >= 4 is 11.6 Å². The van der Waals surface area contributed by atoms with Crippen LogP contribution >= 0.6 is 0 Å². The number of amides is 1. The first-order valence-corrected chi connectivity index (χ1v) is 8.76. The molecule has 0 saturated carbocycles. The Kier molecular flexibility index (Phi) is 6.78. The fourth-order valence-corrected chi connectivity index (χ4v) is 2.26. The van der Waals surface area contributed by atoms with Gasteiger partial charge in [0.05, 0.1) is 12.6 Å². The zero-order valence-electron chi connectivity index (χ0n) is 15.8. The number of benzene rings is 2. The molecule has 0 aliphatic carbocycles. The monoisotopic (exact) mass is 369 g/mol. The topological polar surface area (TPSA) is 74.2 Å². The fourth-order valence-electron chi connectivity index (χ4n) is 2.26. The smallest absolute Gasteiger partial charge is 0.240 e.